The second-order valence-electron chi connectivity index (χ2n) is 2.55. The van der Waals surface area contributed by atoms with Crippen LogP contribution in [0.1, 0.15) is 20.8 Å². The van der Waals surface area contributed by atoms with Crippen molar-refractivity contribution in [3.8, 4) is 0 Å². The van der Waals surface area contributed by atoms with Crippen molar-refractivity contribution in [2.45, 2.75) is 25.7 Å². The summed E-state index contributed by atoms with van der Waals surface area (Å²) in [7, 11) is -4.07. The molecule has 0 saturated heterocycles. The molecule has 0 aliphatic heterocycles. The summed E-state index contributed by atoms with van der Waals surface area (Å²) in [5, 5.41) is 0. The first kappa shape index (κ1) is 15.0. The first-order valence-corrected chi connectivity index (χ1v) is 6.41. The van der Waals surface area contributed by atoms with Crippen LogP contribution in [-0.2, 0) is 10.0 Å². The molecule has 0 heterocycles. The third-order valence-corrected chi connectivity index (χ3v) is 3.12. The van der Waals surface area contributed by atoms with Gasteiger partial charge >= 0.3 is 0 Å². The maximum Gasteiger partial charge on any atom is 0.246 e. The molecule has 1 aromatic carbocycles. The van der Waals surface area contributed by atoms with Gasteiger partial charge in [-0.25, -0.2) is 21.9 Å². The lowest BCUT2D eigenvalue weighted by Crippen LogP contribution is -2.25. The van der Waals surface area contributed by atoms with E-state index in [1.54, 1.807) is 0 Å². The Hall–Kier alpha value is -1.01. The molecule has 6 heteroatoms. The van der Waals surface area contributed by atoms with Crippen molar-refractivity contribution in [2.24, 2.45) is 0 Å². The van der Waals surface area contributed by atoms with E-state index < -0.39 is 26.6 Å². The van der Waals surface area contributed by atoms with E-state index in [4.69, 9.17) is 0 Å². The van der Waals surface area contributed by atoms with Gasteiger partial charge in [0, 0.05) is 6.54 Å². The lowest BCUT2D eigenvalue weighted by Gasteiger charge is -2.05. The van der Waals surface area contributed by atoms with Crippen LogP contribution in [0.25, 0.3) is 0 Å². The topological polar surface area (TPSA) is 46.2 Å². The van der Waals surface area contributed by atoms with Gasteiger partial charge < -0.3 is 0 Å². The highest BCUT2D eigenvalue weighted by molar-refractivity contribution is 7.89. The van der Waals surface area contributed by atoms with Crippen molar-refractivity contribution in [1.29, 1.82) is 0 Å². The molecule has 1 rings (SSSR count). The first-order valence-electron chi connectivity index (χ1n) is 4.92. The number of benzene rings is 1. The van der Waals surface area contributed by atoms with Crippen molar-refractivity contribution in [3.63, 3.8) is 0 Å². The molecule has 1 N–H and O–H groups in total. The van der Waals surface area contributed by atoms with Gasteiger partial charge in [0.1, 0.15) is 11.6 Å². The molecule has 0 atom stereocenters. The molecule has 0 aliphatic carbocycles. The Balaban J connectivity index is 0.00000106. The fourth-order valence-electron chi connectivity index (χ4n) is 1.00. The van der Waals surface area contributed by atoms with Gasteiger partial charge in [-0.1, -0.05) is 26.8 Å². The SMILES string of the molecule is CC.CCNS(=O)(=O)c1c(F)cccc1F. The third-order valence-electron chi connectivity index (χ3n) is 1.52. The van der Waals surface area contributed by atoms with E-state index in [-0.39, 0.29) is 6.54 Å². The molecule has 0 aromatic heterocycles. The Morgan fingerprint density at radius 3 is 2.00 bits per heavy atom. The third kappa shape index (κ3) is 3.53. The summed E-state index contributed by atoms with van der Waals surface area (Å²) in [5.74, 6) is -2.18. The monoisotopic (exact) mass is 251 g/mol. The molecule has 0 bridgehead atoms. The van der Waals surface area contributed by atoms with Gasteiger partial charge in [0.25, 0.3) is 0 Å². The average molecular weight is 251 g/mol. The molecule has 0 unspecified atom stereocenters. The van der Waals surface area contributed by atoms with Gasteiger partial charge in [0.15, 0.2) is 4.90 Å². The van der Waals surface area contributed by atoms with E-state index in [1.165, 1.54) is 6.92 Å². The van der Waals surface area contributed by atoms with Crippen LogP contribution in [0.2, 0.25) is 0 Å². The number of hydrogen-bond acceptors (Lipinski definition) is 2. The summed E-state index contributed by atoms with van der Waals surface area (Å²) >= 11 is 0. The van der Waals surface area contributed by atoms with Crippen LogP contribution in [0.4, 0.5) is 8.78 Å². The highest BCUT2D eigenvalue weighted by Gasteiger charge is 2.22. The number of hydrogen-bond donors (Lipinski definition) is 1. The normalized spacial score (nSPS) is 10.6. The van der Waals surface area contributed by atoms with Crippen LogP contribution in [0.5, 0.6) is 0 Å². The molecule has 0 saturated carbocycles. The van der Waals surface area contributed by atoms with Crippen LogP contribution in [0.15, 0.2) is 23.1 Å². The van der Waals surface area contributed by atoms with E-state index in [2.05, 4.69) is 0 Å². The number of halogens is 2. The molecule has 0 radical (unpaired) electrons. The number of sulfonamides is 1. The van der Waals surface area contributed by atoms with Crippen molar-refractivity contribution < 1.29 is 17.2 Å². The van der Waals surface area contributed by atoms with Gasteiger partial charge in [0.05, 0.1) is 0 Å². The van der Waals surface area contributed by atoms with Crippen LogP contribution in [-0.4, -0.2) is 15.0 Å². The van der Waals surface area contributed by atoms with Crippen LogP contribution >= 0.6 is 0 Å². The lowest BCUT2D eigenvalue weighted by molar-refractivity contribution is 0.515. The van der Waals surface area contributed by atoms with Gasteiger partial charge in [-0.05, 0) is 12.1 Å². The largest absolute Gasteiger partial charge is 0.246 e. The highest BCUT2D eigenvalue weighted by atomic mass is 32.2. The summed E-state index contributed by atoms with van der Waals surface area (Å²) < 4.78 is 50.6. The van der Waals surface area contributed by atoms with Gasteiger partial charge in [-0.3, -0.25) is 0 Å². The minimum absolute atomic E-state index is 0.0795. The molecule has 0 fully saturated rings. The summed E-state index contributed by atoms with van der Waals surface area (Å²) in [6.07, 6.45) is 0. The van der Waals surface area contributed by atoms with Crippen LogP contribution in [0.3, 0.4) is 0 Å². The van der Waals surface area contributed by atoms with Gasteiger partial charge in [0.2, 0.25) is 10.0 Å². The van der Waals surface area contributed by atoms with Crippen LogP contribution < -0.4 is 4.72 Å². The Bertz CT molecular complexity index is 412. The molecule has 16 heavy (non-hydrogen) atoms. The molecule has 0 amide bonds. The second-order valence-corrected chi connectivity index (χ2v) is 4.26. The van der Waals surface area contributed by atoms with Crippen molar-refractivity contribution in [1.82, 2.24) is 4.72 Å². The number of nitrogens with one attached hydrogen (secondary N) is 1. The van der Waals surface area contributed by atoms with Gasteiger partial charge in [-0.2, -0.15) is 0 Å². The highest BCUT2D eigenvalue weighted by Crippen LogP contribution is 2.17. The zero-order chi connectivity index (χ0) is 12.8. The Morgan fingerprint density at radius 2 is 1.62 bits per heavy atom. The molecular weight excluding hydrogens is 236 g/mol. The Kier molecular flexibility index (Phi) is 6.13. The van der Waals surface area contributed by atoms with E-state index >= 15 is 0 Å². The van der Waals surface area contributed by atoms with E-state index in [0.29, 0.717) is 0 Å². The van der Waals surface area contributed by atoms with Crippen LogP contribution in [0, 0.1) is 11.6 Å². The minimum Gasteiger partial charge on any atom is -0.211 e. The fraction of sp³-hybridized carbons (Fsp3) is 0.400. The summed E-state index contributed by atoms with van der Waals surface area (Å²) in [5.41, 5.74) is 0. The Labute approximate surface area is 94.5 Å². The van der Waals surface area contributed by atoms with Crippen molar-refractivity contribution in [3.05, 3.63) is 29.8 Å². The molecular formula is C10H15F2NO2S. The van der Waals surface area contributed by atoms with E-state index in [1.807, 2.05) is 18.6 Å². The smallest absolute Gasteiger partial charge is 0.211 e. The predicted molar refractivity (Wildman–Crippen MR) is 58.6 cm³/mol. The van der Waals surface area contributed by atoms with E-state index in [9.17, 15) is 17.2 Å². The second kappa shape index (κ2) is 6.55. The predicted octanol–water partition coefficient (Wildman–Crippen LogP) is 2.29. The quantitative estimate of drug-likeness (QED) is 0.896. The maximum atomic E-state index is 13.0. The standard InChI is InChI=1S/C8H9F2NO2S.C2H6/c1-2-11-14(12,13)8-6(9)4-3-5-7(8)10;1-2/h3-5,11H,2H2,1H3;1-2H3. The first-order chi connectivity index (χ1) is 7.49. The summed E-state index contributed by atoms with van der Waals surface area (Å²) in [6, 6.07) is 2.90. The lowest BCUT2D eigenvalue weighted by atomic mass is 10.3. The zero-order valence-corrected chi connectivity index (χ0v) is 10.2. The van der Waals surface area contributed by atoms with Crippen molar-refractivity contribution in [2.75, 3.05) is 6.54 Å². The van der Waals surface area contributed by atoms with Gasteiger partial charge in [-0.15, -0.1) is 0 Å². The molecule has 92 valence electrons. The van der Waals surface area contributed by atoms with Crippen molar-refractivity contribution >= 4 is 10.0 Å². The fourth-order valence-corrected chi connectivity index (χ4v) is 2.18. The average Bonchev–Trinajstić information content (AvgIpc) is 2.19. The van der Waals surface area contributed by atoms with E-state index in [0.717, 1.165) is 18.2 Å². The maximum absolute atomic E-state index is 13.0. The minimum atomic E-state index is -4.07. The summed E-state index contributed by atoms with van der Waals surface area (Å²) in [6.45, 7) is 5.60. The molecule has 0 aliphatic rings. The molecule has 3 nitrogen and oxygen atoms in total. The summed E-state index contributed by atoms with van der Waals surface area (Å²) in [4.78, 5) is -0.929. The molecule has 1 aromatic rings. The zero-order valence-electron chi connectivity index (χ0n) is 9.42. The number of rotatable bonds is 3. The molecule has 0 spiro atoms. The Morgan fingerprint density at radius 1 is 1.19 bits per heavy atom.